The van der Waals surface area contributed by atoms with Gasteiger partial charge in [-0.3, -0.25) is 4.57 Å². The Morgan fingerprint density at radius 2 is 0.958 bits per heavy atom. The highest BCUT2D eigenvalue weighted by molar-refractivity contribution is 7.80. The molecule has 0 radical (unpaired) electrons. The molecule has 4 nitrogen and oxygen atoms in total. The van der Waals surface area contributed by atoms with Crippen molar-refractivity contribution in [1.29, 1.82) is 0 Å². The van der Waals surface area contributed by atoms with E-state index in [4.69, 9.17) is 0 Å². The van der Waals surface area contributed by atoms with Gasteiger partial charge in [-0.15, -0.1) is 0 Å². The van der Waals surface area contributed by atoms with Crippen LogP contribution in [0.2, 0.25) is 0 Å². The molecule has 0 saturated carbocycles. The predicted molar refractivity (Wildman–Crippen MR) is 208 cm³/mol. The van der Waals surface area contributed by atoms with Crippen LogP contribution in [0.3, 0.4) is 0 Å². The van der Waals surface area contributed by atoms with Gasteiger partial charge in [-0.2, -0.15) is 0 Å². The third-order valence-corrected chi connectivity index (χ3v) is 16.4. The zero-order valence-corrected chi connectivity index (χ0v) is 31.7. The maximum Gasteiger partial charge on any atom is 0.211 e. The lowest BCUT2D eigenvalue weighted by Gasteiger charge is -2.46. The Hall–Kier alpha value is -3.68. The van der Waals surface area contributed by atoms with Crippen molar-refractivity contribution in [3.63, 3.8) is 0 Å². The van der Waals surface area contributed by atoms with Crippen LogP contribution in [0.1, 0.15) is 52.8 Å². The maximum absolute atomic E-state index is 16.1. The molecule has 48 heavy (non-hydrogen) atoms. The molecule has 0 fully saturated rings. The van der Waals surface area contributed by atoms with Gasteiger partial charge in [0.15, 0.2) is 0 Å². The first-order chi connectivity index (χ1) is 22.7. The average Bonchev–Trinajstić information content (AvgIpc) is 3.01. The Balaban J connectivity index is 1.57. The molecule has 0 saturated heterocycles. The van der Waals surface area contributed by atoms with E-state index in [1.54, 1.807) is 0 Å². The van der Waals surface area contributed by atoms with E-state index >= 15 is 9.13 Å². The summed E-state index contributed by atoms with van der Waals surface area (Å²) in [4.78, 5) is 2.27. The molecule has 2 atom stereocenters. The summed E-state index contributed by atoms with van der Waals surface area (Å²) in [7, 11) is -6.43. The lowest BCUT2D eigenvalue weighted by atomic mass is 9.93. The lowest BCUT2D eigenvalue weighted by Crippen LogP contribution is -2.46. The van der Waals surface area contributed by atoms with Crippen LogP contribution in [0.4, 0.5) is 17.1 Å². The van der Waals surface area contributed by atoms with Crippen LogP contribution in [0.25, 0.3) is 22.3 Å². The number of benzene rings is 5. The molecule has 2 aliphatic rings. The molecule has 6 heteroatoms. The van der Waals surface area contributed by atoms with Crippen LogP contribution in [0.5, 0.6) is 0 Å². The normalized spacial score (nSPS) is 19.3. The van der Waals surface area contributed by atoms with Gasteiger partial charge in [0.1, 0.15) is 7.14 Å². The number of nitrogens with zero attached hydrogens (tertiary/aromatic N) is 2. The molecule has 2 heterocycles. The fraction of sp³-hybridized carbons (Fsp3) is 0.286. The summed E-state index contributed by atoms with van der Waals surface area (Å²) in [6.07, 6.45) is 0. The van der Waals surface area contributed by atoms with Gasteiger partial charge in [0.2, 0.25) is 7.29 Å². The van der Waals surface area contributed by atoms with E-state index < -0.39 is 14.4 Å². The second-order valence-corrected chi connectivity index (χ2v) is 19.6. The van der Waals surface area contributed by atoms with Gasteiger partial charge in [-0.05, 0) is 142 Å². The Kier molecular flexibility index (Phi) is 7.83. The van der Waals surface area contributed by atoms with Crippen molar-refractivity contribution in [2.24, 2.45) is 0 Å². The summed E-state index contributed by atoms with van der Waals surface area (Å²) in [5.74, 6) is 0. The van der Waals surface area contributed by atoms with E-state index in [1.807, 2.05) is 13.6 Å². The van der Waals surface area contributed by atoms with E-state index in [0.29, 0.717) is 13.1 Å². The van der Waals surface area contributed by atoms with Crippen molar-refractivity contribution < 1.29 is 9.13 Å². The van der Waals surface area contributed by atoms with Crippen LogP contribution in [0, 0.1) is 48.5 Å². The fourth-order valence-corrected chi connectivity index (χ4v) is 14.4. The van der Waals surface area contributed by atoms with Crippen LogP contribution in [-0.2, 0) is 9.13 Å². The van der Waals surface area contributed by atoms with E-state index in [1.165, 1.54) is 44.5 Å². The van der Waals surface area contributed by atoms with E-state index in [0.717, 1.165) is 55.0 Å². The summed E-state index contributed by atoms with van der Waals surface area (Å²) in [5, 5.41) is 3.29. The monoisotopic (exact) mass is 672 g/mol. The van der Waals surface area contributed by atoms with E-state index in [2.05, 4.69) is 138 Å². The molecule has 5 aromatic carbocycles. The minimum atomic E-state index is -3.33. The molecule has 0 bridgehead atoms. The van der Waals surface area contributed by atoms with Crippen molar-refractivity contribution in [3.8, 4) is 22.3 Å². The first-order valence-electron chi connectivity index (χ1n) is 17.1. The standard InChI is InChI=1S/C42H46N2O2P2/c1-11-43(12-2)48(46)37-24-33(41-30(8)19-26(4)20-31(41)9)14-16-35(37)44-34-15-13-32(40-28(6)17-25(3)18-29(40)7)23-36(34)47(10,45)38-21-27(5)22-39(48)42(38)44/h13-24H,11-12H2,1-10H3. The highest BCUT2D eigenvalue weighted by Gasteiger charge is 2.49. The summed E-state index contributed by atoms with van der Waals surface area (Å²) >= 11 is 0. The van der Waals surface area contributed by atoms with Gasteiger partial charge in [0, 0.05) is 23.7 Å². The van der Waals surface area contributed by atoms with E-state index in [-0.39, 0.29) is 0 Å². The Morgan fingerprint density at radius 1 is 0.542 bits per heavy atom. The van der Waals surface area contributed by atoms with Gasteiger partial charge in [0.05, 0.1) is 27.7 Å². The van der Waals surface area contributed by atoms with Gasteiger partial charge < -0.3 is 9.46 Å². The quantitative estimate of drug-likeness (QED) is 0.174. The summed E-state index contributed by atoms with van der Waals surface area (Å²) < 4.78 is 33.6. The number of aryl methyl sites for hydroxylation is 7. The Morgan fingerprint density at radius 3 is 1.44 bits per heavy atom. The third-order valence-electron chi connectivity index (χ3n) is 10.5. The van der Waals surface area contributed by atoms with Crippen LogP contribution in [-0.4, -0.2) is 24.4 Å². The predicted octanol–water partition coefficient (Wildman–Crippen LogP) is 9.79. The zero-order valence-electron chi connectivity index (χ0n) is 29.9. The Bertz CT molecular complexity index is 2230. The molecule has 7 rings (SSSR count). The Labute approximate surface area is 286 Å². The van der Waals surface area contributed by atoms with Crippen LogP contribution >= 0.6 is 14.4 Å². The van der Waals surface area contributed by atoms with Crippen LogP contribution in [0.15, 0.2) is 72.8 Å². The minimum absolute atomic E-state index is 0.641. The molecule has 0 aliphatic carbocycles. The largest absolute Gasteiger partial charge is 0.314 e. The molecule has 0 N–H and O–H groups in total. The average molecular weight is 673 g/mol. The lowest BCUT2D eigenvalue weighted by molar-refractivity contribution is 0.458. The number of hydrogen-bond acceptors (Lipinski definition) is 3. The second kappa shape index (κ2) is 11.4. The number of rotatable bonds is 5. The molecule has 0 amide bonds. The smallest absolute Gasteiger partial charge is 0.211 e. The van der Waals surface area contributed by atoms with Crippen molar-refractivity contribution in [3.05, 3.63) is 112 Å². The third kappa shape index (κ3) is 4.68. The molecular weight excluding hydrogens is 626 g/mol. The topological polar surface area (TPSA) is 40.6 Å². The minimum Gasteiger partial charge on any atom is -0.314 e. The SMILES string of the molecule is CCN(CC)P1(=O)c2cc(-c3c(C)cc(C)cc3C)ccc2N2c3ccc(-c4c(C)cc(C)cc4C)cc3P(C)(=O)c3cc(C)cc1c32. The number of fused-ring (bicyclic) bond motifs is 4. The zero-order chi connectivity index (χ0) is 34.4. The van der Waals surface area contributed by atoms with Gasteiger partial charge >= 0.3 is 0 Å². The van der Waals surface area contributed by atoms with Crippen molar-refractivity contribution in [1.82, 2.24) is 4.67 Å². The molecule has 0 spiro atoms. The van der Waals surface area contributed by atoms with Gasteiger partial charge in [-0.25, -0.2) is 4.67 Å². The maximum atomic E-state index is 16.1. The highest BCUT2D eigenvalue weighted by Crippen LogP contribution is 2.62. The molecule has 2 aliphatic heterocycles. The van der Waals surface area contributed by atoms with Crippen molar-refractivity contribution >= 4 is 52.7 Å². The number of hydrogen-bond donors (Lipinski definition) is 0. The second-order valence-electron chi connectivity index (χ2n) is 14.1. The highest BCUT2D eigenvalue weighted by atomic mass is 31.2. The summed E-state index contributed by atoms with van der Waals surface area (Å²) in [6, 6.07) is 26.1. The van der Waals surface area contributed by atoms with Crippen molar-refractivity contribution in [2.75, 3.05) is 24.7 Å². The van der Waals surface area contributed by atoms with Crippen molar-refractivity contribution in [2.45, 2.75) is 62.3 Å². The molecule has 5 aromatic rings. The molecular formula is C42H46N2O2P2. The molecule has 0 aromatic heterocycles. The van der Waals surface area contributed by atoms with Crippen LogP contribution < -0.4 is 26.1 Å². The number of anilines is 3. The first kappa shape index (κ1) is 32.8. The summed E-state index contributed by atoms with van der Waals surface area (Å²) in [5.41, 5.74) is 15.5. The molecule has 2 unspecified atom stereocenters. The summed E-state index contributed by atoms with van der Waals surface area (Å²) in [6.45, 7) is 22.3. The van der Waals surface area contributed by atoms with Gasteiger partial charge in [-0.1, -0.05) is 61.4 Å². The fourth-order valence-electron chi connectivity index (χ4n) is 8.67. The van der Waals surface area contributed by atoms with E-state index in [9.17, 15) is 0 Å². The molecule has 246 valence electrons. The van der Waals surface area contributed by atoms with Gasteiger partial charge in [0.25, 0.3) is 0 Å². The first-order valence-corrected chi connectivity index (χ1v) is 20.9.